The molecule has 1 heterocycles. The molecule has 0 atom stereocenters. The highest BCUT2D eigenvalue weighted by Crippen LogP contribution is 2.16. The molecule has 2 rings (SSSR count). The number of nitrogens with one attached hydrogen (secondary N) is 3. The second-order valence-corrected chi connectivity index (χ2v) is 6.89. The maximum atomic E-state index is 11.9. The van der Waals surface area contributed by atoms with Gasteiger partial charge >= 0.3 is 0 Å². The summed E-state index contributed by atoms with van der Waals surface area (Å²) in [6, 6.07) is 10.1. The van der Waals surface area contributed by atoms with Gasteiger partial charge in [0.15, 0.2) is 5.96 Å². The zero-order chi connectivity index (χ0) is 18.1. The van der Waals surface area contributed by atoms with Gasteiger partial charge in [-0.25, -0.2) is 4.98 Å². The Morgan fingerprint density at radius 3 is 2.56 bits per heavy atom. The topological polar surface area (TPSA) is 78.4 Å². The van der Waals surface area contributed by atoms with Crippen molar-refractivity contribution in [3.63, 3.8) is 0 Å². The number of amides is 1. The number of aliphatic imine (C=N–C) groups is 1. The minimum Gasteiger partial charge on any atom is -0.354 e. The van der Waals surface area contributed by atoms with Gasteiger partial charge in [-0.1, -0.05) is 30.3 Å². The van der Waals surface area contributed by atoms with Crippen molar-refractivity contribution in [1.29, 1.82) is 0 Å². The van der Waals surface area contributed by atoms with Crippen LogP contribution < -0.4 is 16.0 Å². The van der Waals surface area contributed by atoms with Crippen molar-refractivity contribution in [3.05, 3.63) is 51.5 Å². The number of hydrogen-bond acceptors (Lipinski definition) is 4. The highest BCUT2D eigenvalue weighted by molar-refractivity contribution is 7.11. The van der Waals surface area contributed by atoms with Crippen molar-refractivity contribution in [3.8, 4) is 0 Å². The molecule has 7 heteroatoms. The Labute approximate surface area is 152 Å². The molecule has 3 N–H and O–H groups in total. The summed E-state index contributed by atoms with van der Waals surface area (Å²) in [7, 11) is 1.69. The Kier molecular flexibility index (Phi) is 7.40. The fraction of sp³-hybridized carbons (Fsp3) is 0.389. The fourth-order valence-electron chi connectivity index (χ4n) is 2.34. The van der Waals surface area contributed by atoms with Gasteiger partial charge in [-0.3, -0.25) is 9.79 Å². The minimum absolute atomic E-state index is 0.0521. The summed E-state index contributed by atoms with van der Waals surface area (Å²) in [6.45, 7) is 5.45. The van der Waals surface area contributed by atoms with Crippen molar-refractivity contribution in [2.75, 3.05) is 20.1 Å². The Bertz CT molecular complexity index is 712. The van der Waals surface area contributed by atoms with Crippen LogP contribution in [-0.2, 0) is 17.8 Å². The number of aromatic nitrogens is 1. The van der Waals surface area contributed by atoms with E-state index in [0.29, 0.717) is 19.0 Å². The lowest BCUT2D eigenvalue weighted by Crippen LogP contribution is -2.43. The molecule has 6 nitrogen and oxygen atoms in total. The van der Waals surface area contributed by atoms with Gasteiger partial charge in [-0.2, -0.15) is 0 Å². The first-order valence-corrected chi connectivity index (χ1v) is 9.08. The van der Waals surface area contributed by atoms with Gasteiger partial charge in [-0.05, 0) is 25.8 Å². The average Bonchev–Trinajstić information content (AvgIpc) is 2.93. The third kappa shape index (κ3) is 6.54. The number of carbonyl (C=O) groups is 1. The molecule has 25 heavy (non-hydrogen) atoms. The predicted octanol–water partition coefficient (Wildman–Crippen LogP) is 1.78. The molecule has 0 radical (unpaired) electrons. The summed E-state index contributed by atoms with van der Waals surface area (Å²) in [6.07, 6.45) is 0.823. The maximum Gasteiger partial charge on any atom is 0.239 e. The fourth-order valence-corrected chi connectivity index (χ4v) is 3.22. The Hall–Kier alpha value is -2.41. The Balaban J connectivity index is 1.67. The molecule has 134 valence electrons. The van der Waals surface area contributed by atoms with Crippen molar-refractivity contribution in [1.82, 2.24) is 20.9 Å². The summed E-state index contributed by atoms with van der Waals surface area (Å²) in [5.41, 5.74) is 2.24. The maximum absolute atomic E-state index is 11.9. The van der Waals surface area contributed by atoms with Crippen LogP contribution >= 0.6 is 11.3 Å². The number of rotatable bonds is 7. The van der Waals surface area contributed by atoms with E-state index in [4.69, 9.17) is 0 Å². The average molecular weight is 359 g/mol. The van der Waals surface area contributed by atoms with Gasteiger partial charge in [0, 0.05) is 18.5 Å². The lowest BCUT2D eigenvalue weighted by atomic mass is 10.1. The summed E-state index contributed by atoms with van der Waals surface area (Å²) in [5.74, 6) is 0.548. The lowest BCUT2D eigenvalue weighted by molar-refractivity contribution is -0.119. The second-order valence-electron chi connectivity index (χ2n) is 5.61. The van der Waals surface area contributed by atoms with E-state index in [1.165, 1.54) is 10.4 Å². The summed E-state index contributed by atoms with van der Waals surface area (Å²) in [5, 5.41) is 10.2. The molecule has 1 amide bonds. The quantitative estimate of drug-likeness (QED) is 0.520. The van der Waals surface area contributed by atoms with Gasteiger partial charge in [0.1, 0.15) is 0 Å². The number of benzene rings is 1. The normalized spacial score (nSPS) is 11.2. The molecule has 0 fully saturated rings. The van der Waals surface area contributed by atoms with Crippen molar-refractivity contribution < 1.29 is 4.79 Å². The number of aryl methyl sites for hydroxylation is 2. The highest BCUT2D eigenvalue weighted by Gasteiger charge is 2.07. The monoisotopic (exact) mass is 359 g/mol. The standard InChI is InChI=1S/C18H25N5OS/c1-13-16(25-14(2)23-13)11-21-18(19-3)22-12-17(24)20-10-9-15-7-5-4-6-8-15/h4-8H,9-12H2,1-3H3,(H,20,24)(H2,19,21,22). The second kappa shape index (κ2) is 9.78. The zero-order valence-electron chi connectivity index (χ0n) is 14.9. The van der Waals surface area contributed by atoms with E-state index in [-0.39, 0.29) is 12.5 Å². The smallest absolute Gasteiger partial charge is 0.239 e. The number of nitrogens with zero attached hydrogens (tertiary/aromatic N) is 2. The van der Waals surface area contributed by atoms with E-state index in [1.807, 2.05) is 32.0 Å². The molecule has 1 aromatic heterocycles. The first-order chi connectivity index (χ1) is 12.1. The molecular weight excluding hydrogens is 334 g/mol. The highest BCUT2D eigenvalue weighted by atomic mass is 32.1. The summed E-state index contributed by atoms with van der Waals surface area (Å²) >= 11 is 1.66. The van der Waals surface area contributed by atoms with Gasteiger partial charge in [0.25, 0.3) is 0 Å². The molecule has 0 spiro atoms. The van der Waals surface area contributed by atoms with Crippen LogP contribution in [0.25, 0.3) is 0 Å². The largest absolute Gasteiger partial charge is 0.354 e. The van der Waals surface area contributed by atoms with Crippen molar-refractivity contribution in [2.24, 2.45) is 4.99 Å². The molecular formula is C18H25N5OS. The SMILES string of the molecule is CN=C(NCC(=O)NCCc1ccccc1)NCc1sc(C)nc1C. The van der Waals surface area contributed by atoms with E-state index < -0.39 is 0 Å². The van der Waals surface area contributed by atoms with E-state index in [1.54, 1.807) is 18.4 Å². The van der Waals surface area contributed by atoms with Crippen LogP contribution in [0.5, 0.6) is 0 Å². The van der Waals surface area contributed by atoms with E-state index >= 15 is 0 Å². The number of thiazole rings is 1. The predicted molar refractivity (Wildman–Crippen MR) is 103 cm³/mol. The van der Waals surface area contributed by atoms with Crippen LogP contribution in [-0.4, -0.2) is 37.0 Å². The van der Waals surface area contributed by atoms with Crippen LogP contribution in [0.15, 0.2) is 35.3 Å². The summed E-state index contributed by atoms with van der Waals surface area (Å²) in [4.78, 5) is 21.6. The molecule has 1 aromatic carbocycles. The number of carbonyl (C=O) groups excluding carboxylic acids is 1. The van der Waals surface area contributed by atoms with Crippen molar-refractivity contribution >= 4 is 23.2 Å². The molecule has 0 saturated heterocycles. The first kappa shape index (κ1) is 18.9. The molecule has 2 aromatic rings. The van der Waals surface area contributed by atoms with Gasteiger partial charge in [0.2, 0.25) is 5.91 Å². The van der Waals surface area contributed by atoms with Crippen LogP contribution in [0.4, 0.5) is 0 Å². The molecule has 0 aliphatic heterocycles. The first-order valence-electron chi connectivity index (χ1n) is 8.26. The molecule has 0 unspecified atom stereocenters. The molecule has 0 aliphatic rings. The van der Waals surface area contributed by atoms with E-state index in [2.05, 4.69) is 38.1 Å². The van der Waals surface area contributed by atoms with Gasteiger partial charge < -0.3 is 16.0 Å². The van der Waals surface area contributed by atoms with Crippen LogP contribution in [0.2, 0.25) is 0 Å². The Morgan fingerprint density at radius 2 is 1.92 bits per heavy atom. The minimum atomic E-state index is -0.0521. The van der Waals surface area contributed by atoms with Crippen LogP contribution in [0.3, 0.4) is 0 Å². The van der Waals surface area contributed by atoms with Crippen molar-refractivity contribution in [2.45, 2.75) is 26.8 Å². The Morgan fingerprint density at radius 1 is 1.16 bits per heavy atom. The third-order valence-electron chi connectivity index (χ3n) is 3.63. The molecule has 0 saturated carbocycles. The van der Waals surface area contributed by atoms with E-state index in [0.717, 1.165) is 17.1 Å². The number of hydrogen-bond donors (Lipinski definition) is 3. The van der Waals surface area contributed by atoms with Crippen LogP contribution in [0.1, 0.15) is 21.1 Å². The number of guanidine groups is 1. The molecule has 0 aliphatic carbocycles. The lowest BCUT2D eigenvalue weighted by Gasteiger charge is -2.11. The van der Waals surface area contributed by atoms with E-state index in [9.17, 15) is 4.79 Å². The van der Waals surface area contributed by atoms with Gasteiger partial charge in [0.05, 0.1) is 23.8 Å². The molecule has 0 bridgehead atoms. The zero-order valence-corrected chi connectivity index (χ0v) is 15.7. The summed E-state index contributed by atoms with van der Waals surface area (Å²) < 4.78 is 0. The van der Waals surface area contributed by atoms with Gasteiger partial charge in [-0.15, -0.1) is 11.3 Å². The van der Waals surface area contributed by atoms with Crippen LogP contribution in [0, 0.1) is 13.8 Å². The third-order valence-corrected chi connectivity index (χ3v) is 4.71.